The Labute approximate surface area is 174 Å². The van der Waals surface area contributed by atoms with Gasteiger partial charge in [-0.1, -0.05) is 12.8 Å². The summed E-state index contributed by atoms with van der Waals surface area (Å²) in [5, 5.41) is 0. The van der Waals surface area contributed by atoms with Crippen LogP contribution in [0.1, 0.15) is 58.8 Å². The van der Waals surface area contributed by atoms with Crippen molar-refractivity contribution in [3.05, 3.63) is 0 Å². The van der Waals surface area contributed by atoms with Crippen molar-refractivity contribution in [2.75, 3.05) is 45.9 Å². The normalized spacial score (nSPS) is 25.1. The second kappa shape index (κ2) is 10.4. The molecule has 0 spiro atoms. The van der Waals surface area contributed by atoms with Crippen LogP contribution in [0.25, 0.3) is 0 Å². The minimum absolute atomic E-state index is 0.0877. The number of nitrogens with zero attached hydrogens (tertiary/aromatic N) is 3. The van der Waals surface area contributed by atoms with Crippen LogP contribution in [0.2, 0.25) is 0 Å². The van der Waals surface area contributed by atoms with Gasteiger partial charge in [0, 0.05) is 45.7 Å². The molecule has 1 saturated carbocycles. The number of carbonyl (C=O) groups excluding carboxylic acids is 3. The van der Waals surface area contributed by atoms with Crippen LogP contribution in [0.5, 0.6) is 0 Å². The number of ether oxygens (including phenoxy) is 1. The Hall–Kier alpha value is -1.63. The van der Waals surface area contributed by atoms with Crippen molar-refractivity contribution < 1.29 is 19.1 Å². The van der Waals surface area contributed by atoms with E-state index in [9.17, 15) is 14.4 Å². The van der Waals surface area contributed by atoms with Crippen LogP contribution < -0.4 is 0 Å². The summed E-state index contributed by atoms with van der Waals surface area (Å²) >= 11 is 0. The lowest BCUT2D eigenvalue weighted by Crippen LogP contribution is -2.56. The summed E-state index contributed by atoms with van der Waals surface area (Å²) in [6.45, 7) is 8.18. The number of hydrogen-bond donors (Lipinski definition) is 0. The molecule has 3 rings (SSSR count). The molecule has 0 N–H and O–H groups in total. The van der Waals surface area contributed by atoms with Gasteiger partial charge in [0.1, 0.15) is 0 Å². The molecule has 3 aliphatic rings. The molecule has 0 aromatic rings. The molecule has 7 heteroatoms. The monoisotopic (exact) mass is 407 g/mol. The van der Waals surface area contributed by atoms with Gasteiger partial charge in [0.05, 0.1) is 18.6 Å². The fourth-order valence-electron chi connectivity index (χ4n) is 5.00. The molecule has 2 unspecified atom stereocenters. The second-order valence-electron chi connectivity index (χ2n) is 8.82. The van der Waals surface area contributed by atoms with Crippen molar-refractivity contribution in [3.63, 3.8) is 0 Å². The maximum Gasteiger partial charge on any atom is 0.310 e. The van der Waals surface area contributed by atoms with Crippen molar-refractivity contribution in [2.24, 2.45) is 11.8 Å². The summed E-state index contributed by atoms with van der Waals surface area (Å²) in [5.74, 6) is 0.554. The zero-order chi connectivity index (χ0) is 20.8. The van der Waals surface area contributed by atoms with Crippen molar-refractivity contribution in [3.8, 4) is 0 Å². The van der Waals surface area contributed by atoms with Crippen LogP contribution in [0.15, 0.2) is 0 Å². The molecule has 164 valence electrons. The average Bonchev–Trinajstić information content (AvgIpc) is 3.26. The Kier molecular flexibility index (Phi) is 7.92. The predicted molar refractivity (Wildman–Crippen MR) is 110 cm³/mol. The molecule has 1 aliphatic carbocycles. The van der Waals surface area contributed by atoms with E-state index in [-0.39, 0.29) is 29.7 Å². The molecule has 2 amide bonds. The van der Waals surface area contributed by atoms with E-state index in [0.29, 0.717) is 45.1 Å². The van der Waals surface area contributed by atoms with E-state index in [0.717, 1.165) is 25.9 Å². The lowest BCUT2D eigenvalue weighted by molar-refractivity contribution is -0.152. The van der Waals surface area contributed by atoms with Gasteiger partial charge < -0.3 is 14.5 Å². The third kappa shape index (κ3) is 5.71. The van der Waals surface area contributed by atoms with Gasteiger partial charge in [0.15, 0.2) is 0 Å². The lowest BCUT2D eigenvalue weighted by atomic mass is 9.97. The Morgan fingerprint density at radius 2 is 1.62 bits per heavy atom. The van der Waals surface area contributed by atoms with Crippen molar-refractivity contribution in [1.82, 2.24) is 14.7 Å². The highest BCUT2D eigenvalue weighted by molar-refractivity contribution is 5.83. The molecular weight excluding hydrogens is 370 g/mol. The van der Waals surface area contributed by atoms with Crippen LogP contribution in [-0.2, 0) is 19.1 Å². The van der Waals surface area contributed by atoms with Crippen molar-refractivity contribution in [2.45, 2.75) is 64.8 Å². The van der Waals surface area contributed by atoms with E-state index in [1.54, 1.807) is 0 Å². The maximum atomic E-state index is 13.0. The number of likely N-dealkylation sites (tertiary alicyclic amines) is 1. The summed E-state index contributed by atoms with van der Waals surface area (Å²) in [5.41, 5.74) is 0. The minimum atomic E-state index is -0.219. The van der Waals surface area contributed by atoms with E-state index < -0.39 is 0 Å². The highest BCUT2D eigenvalue weighted by Crippen LogP contribution is 2.28. The number of amides is 2. The largest absolute Gasteiger partial charge is 0.466 e. The maximum absolute atomic E-state index is 13.0. The third-order valence-corrected chi connectivity index (χ3v) is 6.86. The SMILES string of the molecule is CCOC(=O)C1CCCN(C(=O)C(C)N2CCN(C(=O)CC3CCCC3)CC2)C1. The first-order chi connectivity index (χ1) is 14.0. The van der Waals surface area contributed by atoms with Crippen molar-refractivity contribution in [1.29, 1.82) is 0 Å². The van der Waals surface area contributed by atoms with Crippen LogP contribution in [-0.4, -0.2) is 84.4 Å². The molecule has 2 aliphatic heterocycles. The van der Waals surface area contributed by atoms with Gasteiger partial charge >= 0.3 is 5.97 Å². The summed E-state index contributed by atoms with van der Waals surface area (Å²) in [6, 6.07) is -0.219. The fraction of sp³-hybridized carbons (Fsp3) is 0.864. The molecule has 3 fully saturated rings. The number of carbonyl (C=O) groups is 3. The number of piperidine rings is 1. The molecule has 2 heterocycles. The zero-order valence-corrected chi connectivity index (χ0v) is 18.1. The first-order valence-corrected chi connectivity index (χ1v) is 11.5. The average molecular weight is 408 g/mol. The smallest absolute Gasteiger partial charge is 0.310 e. The molecular formula is C22H37N3O4. The van der Waals surface area contributed by atoms with E-state index in [1.807, 2.05) is 23.6 Å². The molecule has 2 saturated heterocycles. The molecule has 0 aromatic heterocycles. The van der Waals surface area contributed by atoms with Gasteiger partial charge in [-0.2, -0.15) is 0 Å². The summed E-state index contributed by atoms with van der Waals surface area (Å²) in [7, 11) is 0. The van der Waals surface area contributed by atoms with Crippen LogP contribution >= 0.6 is 0 Å². The molecule has 7 nitrogen and oxygen atoms in total. The Morgan fingerprint density at radius 3 is 2.28 bits per heavy atom. The Morgan fingerprint density at radius 1 is 0.931 bits per heavy atom. The number of piperazine rings is 1. The first kappa shape index (κ1) is 22.1. The molecule has 0 bridgehead atoms. The zero-order valence-electron chi connectivity index (χ0n) is 18.1. The highest BCUT2D eigenvalue weighted by Gasteiger charge is 2.34. The fourth-order valence-corrected chi connectivity index (χ4v) is 5.00. The standard InChI is InChI=1S/C22H37N3O4/c1-3-29-22(28)19-9-6-10-25(16-19)21(27)17(2)23-11-13-24(14-12-23)20(26)15-18-7-4-5-8-18/h17-19H,3-16H2,1-2H3. The summed E-state index contributed by atoms with van der Waals surface area (Å²) in [6.07, 6.45) is 7.24. The first-order valence-electron chi connectivity index (χ1n) is 11.5. The molecule has 0 radical (unpaired) electrons. The van der Waals surface area contributed by atoms with Gasteiger partial charge in [-0.25, -0.2) is 0 Å². The lowest BCUT2D eigenvalue weighted by Gasteiger charge is -2.40. The highest BCUT2D eigenvalue weighted by atomic mass is 16.5. The van der Waals surface area contributed by atoms with E-state index in [2.05, 4.69) is 4.90 Å². The molecule has 29 heavy (non-hydrogen) atoms. The molecule has 2 atom stereocenters. The second-order valence-corrected chi connectivity index (χ2v) is 8.82. The van der Waals surface area contributed by atoms with Gasteiger partial charge in [0.2, 0.25) is 11.8 Å². The van der Waals surface area contributed by atoms with E-state index in [1.165, 1.54) is 25.7 Å². The summed E-state index contributed by atoms with van der Waals surface area (Å²) in [4.78, 5) is 43.6. The van der Waals surface area contributed by atoms with Gasteiger partial charge in [-0.15, -0.1) is 0 Å². The molecule has 0 aromatic carbocycles. The van der Waals surface area contributed by atoms with Crippen LogP contribution in [0, 0.1) is 11.8 Å². The topological polar surface area (TPSA) is 70.2 Å². The summed E-state index contributed by atoms with van der Waals surface area (Å²) < 4.78 is 5.14. The number of rotatable bonds is 6. The van der Waals surface area contributed by atoms with Crippen LogP contribution in [0.4, 0.5) is 0 Å². The van der Waals surface area contributed by atoms with Gasteiger partial charge in [-0.05, 0) is 45.4 Å². The van der Waals surface area contributed by atoms with E-state index in [4.69, 9.17) is 4.74 Å². The quantitative estimate of drug-likeness (QED) is 0.629. The van der Waals surface area contributed by atoms with Crippen molar-refractivity contribution >= 4 is 17.8 Å². The number of esters is 1. The Bertz CT molecular complexity index is 583. The van der Waals surface area contributed by atoms with Gasteiger partial charge in [0.25, 0.3) is 0 Å². The number of hydrogen-bond acceptors (Lipinski definition) is 5. The van der Waals surface area contributed by atoms with Crippen LogP contribution in [0.3, 0.4) is 0 Å². The predicted octanol–water partition coefficient (Wildman–Crippen LogP) is 1.90. The Balaban J connectivity index is 1.45. The van der Waals surface area contributed by atoms with Gasteiger partial charge in [-0.3, -0.25) is 19.3 Å². The minimum Gasteiger partial charge on any atom is -0.466 e. The van der Waals surface area contributed by atoms with E-state index >= 15 is 0 Å². The third-order valence-electron chi connectivity index (χ3n) is 6.86.